The fourth-order valence-corrected chi connectivity index (χ4v) is 1.85. The first-order chi connectivity index (χ1) is 9.25. The molecule has 0 aliphatic rings. The zero-order chi connectivity index (χ0) is 13.5. The SMILES string of the molecule is Oc1ccc(CNCCOc2ccccc2)cc1Cl. The number of rotatable bonds is 6. The van der Waals surface area contributed by atoms with Crippen LogP contribution in [-0.4, -0.2) is 18.3 Å². The lowest BCUT2D eigenvalue weighted by atomic mass is 10.2. The summed E-state index contributed by atoms with van der Waals surface area (Å²) in [6.07, 6.45) is 0. The Morgan fingerprint density at radius 3 is 2.63 bits per heavy atom. The van der Waals surface area contributed by atoms with Crippen molar-refractivity contribution in [3.63, 3.8) is 0 Å². The summed E-state index contributed by atoms with van der Waals surface area (Å²) in [5.74, 6) is 0.981. The van der Waals surface area contributed by atoms with Crippen molar-refractivity contribution in [3.05, 3.63) is 59.1 Å². The Morgan fingerprint density at radius 2 is 1.89 bits per heavy atom. The molecule has 0 aliphatic carbocycles. The number of ether oxygens (including phenoxy) is 1. The topological polar surface area (TPSA) is 41.5 Å². The molecule has 0 aromatic heterocycles. The van der Waals surface area contributed by atoms with Crippen LogP contribution in [0.1, 0.15) is 5.56 Å². The lowest BCUT2D eigenvalue weighted by Crippen LogP contribution is -2.20. The van der Waals surface area contributed by atoms with Crippen molar-refractivity contribution in [2.45, 2.75) is 6.54 Å². The van der Waals surface area contributed by atoms with Crippen LogP contribution < -0.4 is 10.1 Å². The van der Waals surface area contributed by atoms with Gasteiger partial charge in [-0.3, -0.25) is 0 Å². The lowest BCUT2D eigenvalue weighted by Gasteiger charge is -2.08. The number of phenolic OH excluding ortho intramolecular Hbond substituents is 1. The third-order valence-corrected chi connectivity index (χ3v) is 2.93. The van der Waals surface area contributed by atoms with Crippen molar-refractivity contribution in [3.8, 4) is 11.5 Å². The van der Waals surface area contributed by atoms with E-state index in [9.17, 15) is 5.11 Å². The number of aromatic hydroxyl groups is 1. The number of para-hydroxylation sites is 1. The third-order valence-electron chi connectivity index (χ3n) is 2.63. The second-order valence-electron chi connectivity index (χ2n) is 4.12. The summed E-state index contributed by atoms with van der Waals surface area (Å²) < 4.78 is 5.56. The highest BCUT2D eigenvalue weighted by Crippen LogP contribution is 2.23. The van der Waals surface area contributed by atoms with Gasteiger partial charge in [-0.1, -0.05) is 35.9 Å². The Hall–Kier alpha value is -1.71. The summed E-state index contributed by atoms with van der Waals surface area (Å²) in [6, 6.07) is 14.9. The molecule has 0 heterocycles. The second-order valence-corrected chi connectivity index (χ2v) is 4.53. The second kappa shape index (κ2) is 7.02. The summed E-state index contributed by atoms with van der Waals surface area (Å²) in [4.78, 5) is 0. The Bertz CT molecular complexity index is 517. The van der Waals surface area contributed by atoms with Crippen LogP contribution in [0.5, 0.6) is 11.5 Å². The molecule has 3 nitrogen and oxygen atoms in total. The van der Waals surface area contributed by atoms with E-state index in [-0.39, 0.29) is 5.75 Å². The van der Waals surface area contributed by atoms with E-state index in [4.69, 9.17) is 16.3 Å². The van der Waals surface area contributed by atoms with E-state index in [0.29, 0.717) is 18.2 Å². The third kappa shape index (κ3) is 4.47. The Balaban J connectivity index is 1.68. The summed E-state index contributed by atoms with van der Waals surface area (Å²) in [5.41, 5.74) is 1.03. The molecule has 0 aliphatic heterocycles. The molecule has 0 fully saturated rings. The number of hydrogen-bond donors (Lipinski definition) is 2. The predicted molar refractivity (Wildman–Crippen MR) is 76.8 cm³/mol. The molecule has 0 atom stereocenters. The Kier molecular flexibility index (Phi) is 5.07. The standard InChI is InChI=1S/C15H16ClNO2/c16-14-10-12(6-7-15(14)18)11-17-8-9-19-13-4-2-1-3-5-13/h1-7,10,17-18H,8-9,11H2. The molecule has 4 heteroatoms. The highest BCUT2D eigenvalue weighted by molar-refractivity contribution is 6.32. The average molecular weight is 278 g/mol. The number of nitrogens with one attached hydrogen (secondary N) is 1. The molecule has 0 amide bonds. The molecule has 0 bridgehead atoms. The van der Waals surface area contributed by atoms with E-state index in [0.717, 1.165) is 17.9 Å². The van der Waals surface area contributed by atoms with Gasteiger partial charge in [0.2, 0.25) is 0 Å². The maximum absolute atomic E-state index is 9.31. The van der Waals surface area contributed by atoms with Gasteiger partial charge in [0.1, 0.15) is 18.1 Å². The van der Waals surface area contributed by atoms with Crippen LogP contribution in [0.4, 0.5) is 0 Å². The molecule has 2 aromatic carbocycles. The van der Waals surface area contributed by atoms with Gasteiger partial charge in [-0.25, -0.2) is 0 Å². The quantitative estimate of drug-likeness (QED) is 0.797. The van der Waals surface area contributed by atoms with E-state index in [1.165, 1.54) is 0 Å². The van der Waals surface area contributed by atoms with E-state index in [2.05, 4.69) is 5.32 Å². The molecule has 0 saturated heterocycles. The van der Waals surface area contributed by atoms with E-state index < -0.39 is 0 Å². The average Bonchev–Trinajstić information content (AvgIpc) is 2.43. The summed E-state index contributed by atoms with van der Waals surface area (Å²) in [5, 5.41) is 12.9. The van der Waals surface area contributed by atoms with Crippen LogP contribution in [0.3, 0.4) is 0 Å². The Labute approximate surface area is 117 Å². The number of hydrogen-bond acceptors (Lipinski definition) is 3. The zero-order valence-corrected chi connectivity index (χ0v) is 11.2. The molecule has 2 aromatic rings. The minimum Gasteiger partial charge on any atom is -0.506 e. The summed E-state index contributed by atoms with van der Waals surface area (Å²) >= 11 is 5.83. The first kappa shape index (κ1) is 13.7. The largest absolute Gasteiger partial charge is 0.506 e. The molecule has 0 radical (unpaired) electrons. The molecule has 2 N–H and O–H groups in total. The molecule has 0 unspecified atom stereocenters. The van der Waals surface area contributed by atoms with Gasteiger partial charge < -0.3 is 15.2 Å². The lowest BCUT2D eigenvalue weighted by molar-refractivity contribution is 0.313. The van der Waals surface area contributed by atoms with Crippen LogP contribution in [0.2, 0.25) is 5.02 Å². The first-order valence-electron chi connectivity index (χ1n) is 6.11. The maximum Gasteiger partial charge on any atom is 0.134 e. The smallest absolute Gasteiger partial charge is 0.134 e. The fourth-order valence-electron chi connectivity index (χ4n) is 1.65. The Morgan fingerprint density at radius 1 is 1.11 bits per heavy atom. The van der Waals surface area contributed by atoms with Gasteiger partial charge in [0.15, 0.2) is 0 Å². The molecule has 0 saturated carbocycles. The molecule has 19 heavy (non-hydrogen) atoms. The van der Waals surface area contributed by atoms with Gasteiger partial charge in [-0.2, -0.15) is 0 Å². The molecule has 2 rings (SSSR count). The number of halogens is 1. The molecular weight excluding hydrogens is 262 g/mol. The van der Waals surface area contributed by atoms with Gasteiger partial charge in [0.05, 0.1) is 5.02 Å². The highest BCUT2D eigenvalue weighted by atomic mass is 35.5. The van der Waals surface area contributed by atoms with Crippen molar-refractivity contribution in [2.24, 2.45) is 0 Å². The van der Waals surface area contributed by atoms with Gasteiger partial charge in [-0.05, 0) is 29.8 Å². The van der Waals surface area contributed by atoms with Gasteiger partial charge in [0, 0.05) is 13.1 Å². The highest BCUT2D eigenvalue weighted by Gasteiger charge is 1.99. The van der Waals surface area contributed by atoms with Crippen LogP contribution in [0.15, 0.2) is 48.5 Å². The minimum atomic E-state index is 0.109. The number of phenols is 1. The fraction of sp³-hybridized carbons (Fsp3) is 0.200. The normalized spacial score (nSPS) is 10.4. The zero-order valence-electron chi connectivity index (χ0n) is 10.5. The summed E-state index contributed by atoms with van der Waals surface area (Å²) in [6.45, 7) is 2.04. The summed E-state index contributed by atoms with van der Waals surface area (Å²) in [7, 11) is 0. The van der Waals surface area contributed by atoms with E-state index in [1.54, 1.807) is 12.1 Å². The van der Waals surface area contributed by atoms with E-state index in [1.807, 2.05) is 36.4 Å². The van der Waals surface area contributed by atoms with Crippen LogP contribution in [-0.2, 0) is 6.54 Å². The van der Waals surface area contributed by atoms with Gasteiger partial charge in [-0.15, -0.1) is 0 Å². The molecule has 0 spiro atoms. The minimum absolute atomic E-state index is 0.109. The van der Waals surface area contributed by atoms with Crippen molar-refractivity contribution >= 4 is 11.6 Å². The number of benzene rings is 2. The maximum atomic E-state index is 9.31. The van der Waals surface area contributed by atoms with Crippen LogP contribution in [0.25, 0.3) is 0 Å². The van der Waals surface area contributed by atoms with Crippen LogP contribution >= 0.6 is 11.6 Å². The van der Waals surface area contributed by atoms with Crippen molar-refractivity contribution < 1.29 is 9.84 Å². The van der Waals surface area contributed by atoms with Gasteiger partial charge in [0.25, 0.3) is 0 Å². The van der Waals surface area contributed by atoms with Gasteiger partial charge >= 0.3 is 0 Å². The first-order valence-corrected chi connectivity index (χ1v) is 6.49. The van der Waals surface area contributed by atoms with E-state index >= 15 is 0 Å². The van der Waals surface area contributed by atoms with Crippen LogP contribution in [0, 0.1) is 0 Å². The van der Waals surface area contributed by atoms with Crippen molar-refractivity contribution in [2.75, 3.05) is 13.2 Å². The predicted octanol–water partition coefficient (Wildman–Crippen LogP) is 3.21. The monoisotopic (exact) mass is 277 g/mol. The molecule has 100 valence electrons. The van der Waals surface area contributed by atoms with Crippen molar-refractivity contribution in [1.82, 2.24) is 5.32 Å². The van der Waals surface area contributed by atoms with Crippen molar-refractivity contribution in [1.29, 1.82) is 0 Å². The molecular formula is C15H16ClNO2.